The molecule has 0 aromatic heterocycles. The molecule has 0 aliphatic rings. The van der Waals surface area contributed by atoms with Gasteiger partial charge in [-0.25, -0.2) is 0 Å². The fourth-order valence-electron chi connectivity index (χ4n) is 2.25. The van der Waals surface area contributed by atoms with Crippen LogP contribution in [0.2, 0.25) is 0 Å². The van der Waals surface area contributed by atoms with Crippen molar-refractivity contribution < 1.29 is 9.47 Å². The molecule has 0 spiro atoms. The normalized spacial score (nSPS) is 13.2. The van der Waals surface area contributed by atoms with Gasteiger partial charge in [0.1, 0.15) is 0 Å². The quantitative estimate of drug-likeness (QED) is 0.849. The first-order valence-electron chi connectivity index (χ1n) is 6.89. The third-order valence-electron chi connectivity index (χ3n) is 3.21. The maximum atomic E-state index is 5.39. The molecule has 0 heterocycles. The average molecular weight is 265 g/mol. The first kappa shape index (κ1) is 15.8. The summed E-state index contributed by atoms with van der Waals surface area (Å²) in [6.07, 6.45) is 1.12. The molecule has 1 aromatic carbocycles. The third-order valence-corrected chi connectivity index (χ3v) is 3.21. The van der Waals surface area contributed by atoms with Crippen LogP contribution in [0.5, 0.6) is 11.5 Å². The zero-order valence-corrected chi connectivity index (χ0v) is 13.0. The number of ether oxygens (including phenoxy) is 2. The minimum Gasteiger partial charge on any atom is -0.493 e. The van der Waals surface area contributed by atoms with Gasteiger partial charge in [0.05, 0.1) is 14.2 Å². The number of rotatable bonds is 6. The topological polar surface area (TPSA) is 30.5 Å². The molecule has 0 amide bonds. The molecule has 1 rings (SSSR count). The molecule has 19 heavy (non-hydrogen) atoms. The van der Waals surface area contributed by atoms with Crippen LogP contribution < -0.4 is 14.8 Å². The average Bonchev–Trinajstić information content (AvgIpc) is 2.37. The van der Waals surface area contributed by atoms with Gasteiger partial charge in [-0.3, -0.25) is 0 Å². The van der Waals surface area contributed by atoms with Crippen LogP contribution in [0.1, 0.15) is 45.7 Å². The van der Waals surface area contributed by atoms with Crippen molar-refractivity contribution >= 4 is 0 Å². The third kappa shape index (κ3) is 4.13. The van der Waals surface area contributed by atoms with Gasteiger partial charge in [0.25, 0.3) is 0 Å². The molecular formula is C16H27NO2. The summed E-state index contributed by atoms with van der Waals surface area (Å²) in [7, 11) is 3.33. The Kier molecular flexibility index (Phi) is 5.67. The van der Waals surface area contributed by atoms with Gasteiger partial charge in [-0.05, 0) is 36.1 Å². The van der Waals surface area contributed by atoms with Gasteiger partial charge < -0.3 is 14.8 Å². The number of benzene rings is 1. The molecule has 0 fully saturated rings. The van der Waals surface area contributed by atoms with Crippen LogP contribution in [0.3, 0.4) is 0 Å². The second-order valence-electron chi connectivity index (χ2n) is 5.87. The highest BCUT2D eigenvalue weighted by molar-refractivity contribution is 5.44. The van der Waals surface area contributed by atoms with E-state index in [0.29, 0.717) is 6.04 Å². The van der Waals surface area contributed by atoms with E-state index in [0.717, 1.165) is 24.5 Å². The molecule has 1 N–H and O–H groups in total. The van der Waals surface area contributed by atoms with E-state index in [-0.39, 0.29) is 5.41 Å². The fourth-order valence-corrected chi connectivity index (χ4v) is 2.25. The predicted octanol–water partition coefficient (Wildman–Crippen LogP) is 3.79. The molecular weight excluding hydrogens is 238 g/mol. The summed E-state index contributed by atoms with van der Waals surface area (Å²) < 4.78 is 10.7. The van der Waals surface area contributed by atoms with E-state index >= 15 is 0 Å². The van der Waals surface area contributed by atoms with Crippen LogP contribution in [0.4, 0.5) is 0 Å². The lowest BCUT2D eigenvalue weighted by Crippen LogP contribution is -2.32. The maximum absolute atomic E-state index is 5.39. The van der Waals surface area contributed by atoms with Crippen molar-refractivity contribution in [1.29, 1.82) is 0 Å². The first-order valence-corrected chi connectivity index (χ1v) is 6.89. The lowest BCUT2D eigenvalue weighted by molar-refractivity contribution is 0.272. The van der Waals surface area contributed by atoms with E-state index in [1.54, 1.807) is 14.2 Å². The van der Waals surface area contributed by atoms with Crippen molar-refractivity contribution in [3.05, 3.63) is 23.8 Å². The lowest BCUT2D eigenvalue weighted by atomic mass is 9.82. The maximum Gasteiger partial charge on any atom is 0.161 e. The fraction of sp³-hybridized carbons (Fsp3) is 0.625. The molecule has 0 radical (unpaired) electrons. The van der Waals surface area contributed by atoms with E-state index in [2.05, 4.69) is 45.1 Å². The Hall–Kier alpha value is -1.22. The van der Waals surface area contributed by atoms with Crippen LogP contribution >= 0.6 is 0 Å². The Morgan fingerprint density at radius 2 is 1.74 bits per heavy atom. The van der Waals surface area contributed by atoms with Crippen LogP contribution in [0.15, 0.2) is 18.2 Å². The van der Waals surface area contributed by atoms with Crippen molar-refractivity contribution in [2.45, 2.75) is 40.2 Å². The molecule has 0 saturated carbocycles. The highest BCUT2D eigenvalue weighted by Crippen LogP contribution is 2.37. The molecule has 108 valence electrons. The van der Waals surface area contributed by atoms with E-state index in [1.165, 1.54) is 5.56 Å². The van der Waals surface area contributed by atoms with Crippen molar-refractivity contribution in [3.8, 4) is 11.5 Å². The van der Waals surface area contributed by atoms with Crippen molar-refractivity contribution in [3.63, 3.8) is 0 Å². The smallest absolute Gasteiger partial charge is 0.161 e. The van der Waals surface area contributed by atoms with Crippen LogP contribution in [-0.4, -0.2) is 20.8 Å². The van der Waals surface area contributed by atoms with Crippen molar-refractivity contribution in [2.75, 3.05) is 20.8 Å². The standard InChI is InChI=1S/C16H27NO2/c1-7-10-17-15(16(2,3)4)12-8-9-13(18-5)14(11-12)19-6/h8-9,11,15,17H,7,10H2,1-6H3. The minimum absolute atomic E-state index is 0.148. The monoisotopic (exact) mass is 265 g/mol. The SMILES string of the molecule is CCCNC(c1ccc(OC)c(OC)c1)C(C)(C)C. The van der Waals surface area contributed by atoms with E-state index < -0.39 is 0 Å². The second kappa shape index (κ2) is 6.80. The number of hydrogen-bond acceptors (Lipinski definition) is 3. The Labute approximate surface area is 117 Å². The van der Waals surface area contributed by atoms with Gasteiger partial charge in [0.15, 0.2) is 11.5 Å². The molecule has 3 heteroatoms. The molecule has 0 aliphatic carbocycles. The molecule has 0 saturated heterocycles. The van der Waals surface area contributed by atoms with E-state index in [9.17, 15) is 0 Å². The summed E-state index contributed by atoms with van der Waals surface area (Å²) in [5.74, 6) is 1.56. The highest BCUT2D eigenvalue weighted by Gasteiger charge is 2.26. The summed E-state index contributed by atoms with van der Waals surface area (Å²) >= 11 is 0. The Morgan fingerprint density at radius 3 is 2.21 bits per heavy atom. The zero-order chi connectivity index (χ0) is 14.5. The zero-order valence-electron chi connectivity index (χ0n) is 13.0. The Balaban J connectivity index is 3.08. The molecule has 1 atom stereocenters. The highest BCUT2D eigenvalue weighted by atomic mass is 16.5. The summed E-state index contributed by atoms with van der Waals surface area (Å²) in [5, 5.41) is 3.62. The number of methoxy groups -OCH3 is 2. The second-order valence-corrected chi connectivity index (χ2v) is 5.87. The van der Waals surface area contributed by atoms with E-state index in [4.69, 9.17) is 9.47 Å². The van der Waals surface area contributed by atoms with Crippen molar-refractivity contribution in [2.24, 2.45) is 5.41 Å². The molecule has 1 unspecified atom stereocenters. The largest absolute Gasteiger partial charge is 0.493 e. The predicted molar refractivity (Wildman–Crippen MR) is 80.0 cm³/mol. The Bertz CT molecular complexity index is 396. The van der Waals surface area contributed by atoms with Crippen LogP contribution in [-0.2, 0) is 0 Å². The molecule has 1 aromatic rings. The number of hydrogen-bond donors (Lipinski definition) is 1. The number of nitrogens with one attached hydrogen (secondary N) is 1. The van der Waals surface area contributed by atoms with Gasteiger partial charge in [-0.1, -0.05) is 33.8 Å². The summed E-state index contributed by atoms with van der Waals surface area (Å²) in [6.45, 7) is 9.93. The summed E-state index contributed by atoms with van der Waals surface area (Å²) in [4.78, 5) is 0. The first-order chi connectivity index (χ1) is 8.93. The van der Waals surface area contributed by atoms with Gasteiger partial charge in [0.2, 0.25) is 0 Å². The van der Waals surface area contributed by atoms with Gasteiger partial charge in [-0.15, -0.1) is 0 Å². The summed E-state index contributed by atoms with van der Waals surface area (Å²) in [5.41, 5.74) is 1.38. The summed E-state index contributed by atoms with van der Waals surface area (Å²) in [6, 6.07) is 6.45. The van der Waals surface area contributed by atoms with Gasteiger partial charge >= 0.3 is 0 Å². The van der Waals surface area contributed by atoms with Gasteiger partial charge in [-0.2, -0.15) is 0 Å². The molecule has 3 nitrogen and oxygen atoms in total. The Morgan fingerprint density at radius 1 is 1.11 bits per heavy atom. The molecule has 0 aliphatic heterocycles. The van der Waals surface area contributed by atoms with Crippen LogP contribution in [0, 0.1) is 5.41 Å². The van der Waals surface area contributed by atoms with E-state index in [1.807, 2.05) is 6.07 Å². The lowest BCUT2D eigenvalue weighted by Gasteiger charge is -2.32. The van der Waals surface area contributed by atoms with Gasteiger partial charge in [0, 0.05) is 6.04 Å². The minimum atomic E-state index is 0.148. The van der Waals surface area contributed by atoms with Crippen LogP contribution in [0.25, 0.3) is 0 Å². The molecule has 0 bridgehead atoms. The van der Waals surface area contributed by atoms with Crippen molar-refractivity contribution in [1.82, 2.24) is 5.32 Å².